The average Bonchev–Trinajstić information content (AvgIpc) is 3.01. The van der Waals surface area contributed by atoms with Crippen LogP contribution in [0.25, 0.3) is 0 Å². The molecule has 0 heterocycles. The highest BCUT2D eigenvalue weighted by Gasteiger charge is 2.23. The Labute approximate surface area is 256 Å². The lowest BCUT2D eigenvalue weighted by Gasteiger charge is -2.24. The topological polar surface area (TPSA) is 91.2 Å². The van der Waals surface area contributed by atoms with Gasteiger partial charge in [0.05, 0.1) is 17.7 Å². The van der Waals surface area contributed by atoms with E-state index in [1.165, 1.54) is 12.1 Å². The summed E-state index contributed by atoms with van der Waals surface area (Å²) in [5, 5.41) is 15.3. The van der Waals surface area contributed by atoms with Crippen molar-refractivity contribution in [3.63, 3.8) is 0 Å². The molecular formula is C36H46FN3O3. The van der Waals surface area contributed by atoms with Gasteiger partial charge in [-0.2, -0.15) is 5.26 Å². The van der Waals surface area contributed by atoms with Crippen molar-refractivity contribution in [3.05, 3.63) is 107 Å². The summed E-state index contributed by atoms with van der Waals surface area (Å²) in [5.74, 6) is 0.309. The Morgan fingerprint density at radius 1 is 1.02 bits per heavy atom. The number of ether oxygens (including phenoxy) is 1. The zero-order valence-corrected chi connectivity index (χ0v) is 26.5. The van der Waals surface area contributed by atoms with Crippen LogP contribution in [0, 0.1) is 29.0 Å². The number of carbonyl (C=O) groups is 2. The van der Waals surface area contributed by atoms with E-state index in [1.54, 1.807) is 43.3 Å². The number of benzene rings is 2. The number of carbonyl (C=O) groups excluding carboxylic acids is 2. The van der Waals surface area contributed by atoms with Gasteiger partial charge in [-0.05, 0) is 99.1 Å². The number of halogens is 1. The van der Waals surface area contributed by atoms with Gasteiger partial charge in [0.1, 0.15) is 23.4 Å². The van der Waals surface area contributed by atoms with E-state index in [0.717, 1.165) is 18.4 Å². The van der Waals surface area contributed by atoms with Crippen LogP contribution in [0.5, 0.6) is 0 Å². The fraction of sp³-hybridized carbons (Fsp3) is 0.417. The molecule has 5 atom stereocenters. The molecule has 2 N–H and O–H groups in total. The zero-order valence-electron chi connectivity index (χ0n) is 26.5. The van der Waals surface area contributed by atoms with Crippen LogP contribution < -0.4 is 10.6 Å². The smallest absolute Gasteiger partial charge is 0.246 e. The van der Waals surface area contributed by atoms with Crippen molar-refractivity contribution in [2.45, 2.75) is 79.4 Å². The van der Waals surface area contributed by atoms with E-state index >= 15 is 0 Å². The highest BCUT2D eigenvalue weighted by atomic mass is 19.1. The first kappa shape index (κ1) is 35.2. The van der Waals surface area contributed by atoms with Gasteiger partial charge in [0.2, 0.25) is 5.91 Å². The van der Waals surface area contributed by atoms with Crippen LogP contribution in [0.3, 0.4) is 0 Å². The third-order valence-electron chi connectivity index (χ3n) is 7.86. The molecule has 1 amide bonds. The standard InChI is InChI=1S/C36H46FN3O3/c1-8-32(18-19-33(9-2)43-34(10-3)20-24(4)26(6)27(7)41)40-36(42)35(30-12-11-13-31(37)21-30)39-23-25(5)29-16-14-28(22-38)15-17-29/h8-9,11-19,21,24-26,34-35,39H,10,20,23H2,1-7H3,(H,40,42)/b19-18-,32-8+,33-9+. The number of nitriles is 1. The van der Waals surface area contributed by atoms with Gasteiger partial charge in [-0.1, -0.05) is 58.0 Å². The van der Waals surface area contributed by atoms with E-state index in [-0.39, 0.29) is 35.5 Å². The maximum Gasteiger partial charge on any atom is 0.246 e. The maximum atomic E-state index is 14.2. The molecule has 0 fully saturated rings. The summed E-state index contributed by atoms with van der Waals surface area (Å²) < 4.78 is 20.4. The number of hydrogen-bond donors (Lipinski definition) is 2. The lowest BCUT2D eigenvalue weighted by Crippen LogP contribution is -2.38. The SMILES string of the molecule is C\C=C(/C=C\C(=C/C)OC(CC)CC(C)C(C)C(C)=O)NC(=O)C(NCC(C)c1ccc(C#N)cc1)c1cccc(F)c1. The molecular weight excluding hydrogens is 541 g/mol. The number of nitrogens with one attached hydrogen (secondary N) is 2. The van der Waals surface area contributed by atoms with Crippen molar-refractivity contribution in [1.82, 2.24) is 10.6 Å². The number of ketones is 1. The molecule has 0 aliphatic heterocycles. The number of rotatable bonds is 16. The van der Waals surface area contributed by atoms with Crippen LogP contribution in [0.1, 0.15) is 90.0 Å². The van der Waals surface area contributed by atoms with Crippen LogP contribution in [0.15, 0.2) is 84.3 Å². The van der Waals surface area contributed by atoms with E-state index in [9.17, 15) is 14.0 Å². The van der Waals surface area contributed by atoms with Crippen molar-refractivity contribution in [1.29, 1.82) is 5.26 Å². The molecule has 0 spiro atoms. The summed E-state index contributed by atoms with van der Waals surface area (Å²) in [4.78, 5) is 25.4. The third-order valence-corrected chi connectivity index (χ3v) is 7.86. The lowest BCUT2D eigenvalue weighted by atomic mass is 9.87. The third kappa shape index (κ3) is 11.3. The van der Waals surface area contributed by atoms with Crippen molar-refractivity contribution in [2.24, 2.45) is 11.8 Å². The molecule has 0 aliphatic rings. The number of amides is 1. The lowest BCUT2D eigenvalue weighted by molar-refractivity contribution is -0.123. The summed E-state index contributed by atoms with van der Waals surface area (Å²) in [6, 6.07) is 14.7. The molecule has 0 aromatic heterocycles. The molecule has 5 unspecified atom stereocenters. The summed E-state index contributed by atoms with van der Waals surface area (Å²) >= 11 is 0. The highest BCUT2D eigenvalue weighted by molar-refractivity contribution is 5.85. The predicted octanol–water partition coefficient (Wildman–Crippen LogP) is 7.66. The van der Waals surface area contributed by atoms with Gasteiger partial charge in [-0.3, -0.25) is 9.59 Å². The van der Waals surface area contributed by atoms with Crippen LogP contribution in [-0.2, 0) is 14.3 Å². The van der Waals surface area contributed by atoms with Crippen LogP contribution >= 0.6 is 0 Å². The molecule has 6 nitrogen and oxygen atoms in total. The summed E-state index contributed by atoms with van der Waals surface area (Å²) in [6.07, 6.45) is 8.77. The number of allylic oxidation sites excluding steroid dienone is 4. The van der Waals surface area contributed by atoms with Gasteiger partial charge < -0.3 is 15.4 Å². The number of Topliss-reactive ketones (excluding diaryl/α,β-unsaturated/α-hetero) is 1. The molecule has 0 radical (unpaired) electrons. The molecule has 2 aromatic rings. The first-order valence-electron chi connectivity index (χ1n) is 15.0. The van der Waals surface area contributed by atoms with E-state index in [4.69, 9.17) is 10.00 Å². The minimum atomic E-state index is -0.799. The molecule has 0 aliphatic carbocycles. The van der Waals surface area contributed by atoms with Gasteiger partial charge in [0, 0.05) is 18.2 Å². The average molecular weight is 588 g/mol. The molecule has 7 heteroatoms. The molecule has 230 valence electrons. The van der Waals surface area contributed by atoms with Gasteiger partial charge in [-0.15, -0.1) is 0 Å². The monoisotopic (exact) mass is 587 g/mol. The summed E-state index contributed by atoms with van der Waals surface area (Å²) in [7, 11) is 0. The molecule has 2 rings (SSSR count). The Morgan fingerprint density at radius 3 is 2.28 bits per heavy atom. The molecule has 0 saturated carbocycles. The fourth-order valence-electron chi connectivity index (χ4n) is 4.66. The van der Waals surface area contributed by atoms with Gasteiger partial charge >= 0.3 is 0 Å². The maximum absolute atomic E-state index is 14.2. The molecule has 43 heavy (non-hydrogen) atoms. The molecule has 0 saturated heterocycles. The molecule has 0 bridgehead atoms. The predicted molar refractivity (Wildman–Crippen MR) is 170 cm³/mol. The van der Waals surface area contributed by atoms with Crippen molar-refractivity contribution in [2.75, 3.05) is 6.54 Å². The normalized spacial score (nSPS) is 15.7. The van der Waals surface area contributed by atoms with Gasteiger partial charge in [-0.25, -0.2) is 4.39 Å². The second-order valence-corrected chi connectivity index (χ2v) is 11.0. The van der Waals surface area contributed by atoms with Crippen molar-refractivity contribution >= 4 is 11.7 Å². The van der Waals surface area contributed by atoms with Crippen molar-refractivity contribution < 1.29 is 18.7 Å². The van der Waals surface area contributed by atoms with E-state index in [1.807, 2.05) is 52.0 Å². The second-order valence-electron chi connectivity index (χ2n) is 11.0. The first-order chi connectivity index (χ1) is 20.5. The second kappa shape index (κ2) is 17.8. The Hall–Kier alpha value is -4.02. The summed E-state index contributed by atoms with van der Waals surface area (Å²) in [5.41, 5.74) is 2.70. The Balaban J connectivity index is 2.14. The largest absolute Gasteiger partial charge is 0.491 e. The minimum Gasteiger partial charge on any atom is -0.491 e. The Bertz CT molecular complexity index is 1340. The first-order valence-corrected chi connectivity index (χ1v) is 15.0. The number of nitrogens with zero attached hydrogens (tertiary/aromatic N) is 1. The Morgan fingerprint density at radius 2 is 1.72 bits per heavy atom. The van der Waals surface area contributed by atoms with E-state index in [0.29, 0.717) is 29.1 Å². The Kier molecular flexibility index (Phi) is 14.6. The van der Waals surface area contributed by atoms with Crippen molar-refractivity contribution in [3.8, 4) is 6.07 Å². The van der Waals surface area contributed by atoms with Gasteiger partial charge in [0.25, 0.3) is 0 Å². The van der Waals surface area contributed by atoms with E-state index < -0.39 is 11.9 Å². The van der Waals surface area contributed by atoms with Gasteiger partial charge in [0.15, 0.2) is 0 Å². The minimum absolute atomic E-state index is 0.0289. The summed E-state index contributed by atoms with van der Waals surface area (Å²) in [6.45, 7) is 13.9. The zero-order chi connectivity index (χ0) is 31.9. The molecule has 2 aromatic carbocycles. The highest BCUT2D eigenvalue weighted by Crippen LogP contribution is 2.23. The quantitative estimate of drug-likeness (QED) is 0.155. The van der Waals surface area contributed by atoms with Crippen LogP contribution in [-0.4, -0.2) is 24.3 Å². The van der Waals surface area contributed by atoms with Crippen LogP contribution in [0.4, 0.5) is 4.39 Å². The fourth-order valence-corrected chi connectivity index (χ4v) is 4.66. The number of hydrogen-bond acceptors (Lipinski definition) is 5. The van der Waals surface area contributed by atoms with E-state index in [2.05, 4.69) is 30.6 Å². The van der Waals surface area contributed by atoms with Crippen LogP contribution in [0.2, 0.25) is 0 Å².